The van der Waals surface area contributed by atoms with Gasteiger partial charge in [0.15, 0.2) is 0 Å². The van der Waals surface area contributed by atoms with Crippen molar-refractivity contribution in [2.24, 2.45) is 0 Å². The van der Waals surface area contributed by atoms with E-state index in [0.29, 0.717) is 15.4 Å². The van der Waals surface area contributed by atoms with E-state index in [-0.39, 0.29) is 18.4 Å². The first-order chi connectivity index (χ1) is 12.6. The first-order valence-electron chi connectivity index (χ1n) is 8.30. The summed E-state index contributed by atoms with van der Waals surface area (Å²) in [5.41, 5.74) is 1.56. The fourth-order valence-corrected chi connectivity index (χ4v) is 4.30. The molecule has 26 heavy (non-hydrogen) atoms. The van der Waals surface area contributed by atoms with Crippen LogP contribution in [0.1, 0.15) is 50.2 Å². The van der Waals surface area contributed by atoms with E-state index < -0.39 is 5.97 Å². The van der Waals surface area contributed by atoms with Gasteiger partial charge in [-0.15, -0.1) is 22.7 Å². The predicted molar refractivity (Wildman–Crippen MR) is 107 cm³/mol. The van der Waals surface area contributed by atoms with Crippen LogP contribution in [0.2, 0.25) is 0 Å². The second kappa shape index (κ2) is 8.29. The number of ether oxygens (including phenoxy) is 1. The molecule has 0 spiro atoms. The van der Waals surface area contributed by atoms with Gasteiger partial charge in [-0.25, -0.2) is 4.79 Å². The molecule has 2 aromatic heterocycles. The molecule has 0 unspecified atom stereocenters. The van der Waals surface area contributed by atoms with Gasteiger partial charge in [-0.2, -0.15) is 0 Å². The Morgan fingerprint density at radius 1 is 1.15 bits per heavy atom. The van der Waals surface area contributed by atoms with Crippen LogP contribution in [0.4, 0.5) is 5.00 Å². The number of carbonyl (C=O) groups excluding carboxylic acids is 2. The smallest absolute Gasteiger partial charge is 0.341 e. The molecule has 1 aromatic carbocycles. The lowest BCUT2D eigenvalue weighted by molar-refractivity contribution is 0.0528. The number of amides is 1. The maximum atomic E-state index is 12.4. The fourth-order valence-electron chi connectivity index (χ4n) is 2.56. The van der Waals surface area contributed by atoms with Crippen LogP contribution in [0.3, 0.4) is 0 Å². The minimum absolute atomic E-state index is 0.113. The third-order valence-corrected chi connectivity index (χ3v) is 6.05. The number of thiophene rings is 2. The van der Waals surface area contributed by atoms with Crippen molar-refractivity contribution in [1.29, 1.82) is 0 Å². The van der Waals surface area contributed by atoms with Crippen LogP contribution in [-0.2, 0) is 4.74 Å². The minimum atomic E-state index is -0.420. The highest BCUT2D eigenvalue weighted by Gasteiger charge is 2.22. The highest BCUT2D eigenvalue weighted by Crippen LogP contribution is 2.36. The van der Waals surface area contributed by atoms with E-state index >= 15 is 0 Å². The number of carbonyl (C=O) groups is 2. The molecule has 0 bridgehead atoms. The van der Waals surface area contributed by atoms with Gasteiger partial charge in [0.1, 0.15) is 5.00 Å². The van der Waals surface area contributed by atoms with Crippen molar-refractivity contribution in [3.8, 4) is 0 Å². The average Bonchev–Trinajstić information content (AvgIpc) is 3.32. The highest BCUT2D eigenvalue weighted by atomic mass is 32.1. The van der Waals surface area contributed by atoms with E-state index in [1.54, 1.807) is 13.0 Å². The van der Waals surface area contributed by atoms with Gasteiger partial charge in [0, 0.05) is 10.8 Å². The first-order valence-corrected chi connectivity index (χ1v) is 10.0. The Balaban J connectivity index is 1.92. The lowest BCUT2D eigenvalue weighted by atomic mass is 9.99. The number of rotatable bonds is 6. The Hall–Kier alpha value is -2.44. The molecule has 0 radical (unpaired) electrons. The quantitative estimate of drug-likeness (QED) is 0.579. The Bertz CT molecular complexity index is 885. The predicted octanol–water partition coefficient (Wildman–Crippen LogP) is 5.39. The van der Waals surface area contributed by atoms with Crippen molar-refractivity contribution < 1.29 is 14.3 Å². The standard InChI is InChI=1S/C20H19NO3S2/c1-3-24-20(23)15-12-17(13(2)14-8-5-4-6-9-14)26-19(15)21-18(22)16-10-7-11-25-16/h4-13H,3H2,1-2H3,(H,21,22)/t13-/m0/s1. The van der Waals surface area contributed by atoms with Crippen molar-refractivity contribution in [3.05, 3.63) is 74.8 Å². The van der Waals surface area contributed by atoms with E-state index in [2.05, 4.69) is 24.4 Å². The summed E-state index contributed by atoms with van der Waals surface area (Å²) in [5, 5.41) is 5.24. The minimum Gasteiger partial charge on any atom is -0.462 e. The van der Waals surface area contributed by atoms with E-state index in [1.165, 1.54) is 22.7 Å². The van der Waals surface area contributed by atoms with Crippen molar-refractivity contribution in [3.63, 3.8) is 0 Å². The van der Waals surface area contributed by atoms with E-state index in [9.17, 15) is 9.59 Å². The second-order valence-electron chi connectivity index (χ2n) is 5.68. The van der Waals surface area contributed by atoms with Crippen LogP contribution in [-0.4, -0.2) is 18.5 Å². The van der Waals surface area contributed by atoms with Crippen LogP contribution in [0.5, 0.6) is 0 Å². The van der Waals surface area contributed by atoms with Crippen molar-refractivity contribution in [2.75, 3.05) is 11.9 Å². The van der Waals surface area contributed by atoms with Gasteiger partial charge in [0.2, 0.25) is 0 Å². The molecule has 6 heteroatoms. The summed E-state index contributed by atoms with van der Waals surface area (Å²) in [6.45, 7) is 4.14. The second-order valence-corrected chi connectivity index (χ2v) is 7.71. The molecule has 1 atom stereocenters. The lowest BCUT2D eigenvalue weighted by Gasteiger charge is -2.09. The molecule has 0 fully saturated rings. The van der Waals surface area contributed by atoms with Crippen LogP contribution >= 0.6 is 22.7 Å². The zero-order chi connectivity index (χ0) is 18.5. The molecule has 4 nitrogen and oxygen atoms in total. The summed E-state index contributed by atoms with van der Waals surface area (Å²) in [4.78, 5) is 26.4. The molecular formula is C20H19NO3S2. The summed E-state index contributed by atoms with van der Waals surface area (Å²) in [6.07, 6.45) is 0. The largest absolute Gasteiger partial charge is 0.462 e. The molecule has 1 N–H and O–H groups in total. The number of nitrogens with one attached hydrogen (secondary N) is 1. The molecule has 134 valence electrons. The third-order valence-electron chi connectivity index (χ3n) is 3.94. The number of hydrogen-bond acceptors (Lipinski definition) is 5. The lowest BCUT2D eigenvalue weighted by Crippen LogP contribution is -2.13. The molecule has 3 rings (SSSR count). The van der Waals surface area contributed by atoms with Crippen LogP contribution in [0, 0.1) is 0 Å². The highest BCUT2D eigenvalue weighted by molar-refractivity contribution is 7.17. The topological polar surface area (TPSA) is 55.4 Å². The van der Waals surface area contributed by atoms with Crippen molar-refractivity contribution in [2.45, 2.75) is 19.8 Å². The Morgan fingerprint density at radius 3 is 2.58 bits per heavy atom. The van der Waals surface area contributed by atoms with Gasteiger partial charge in [-0.3, -0.25) is 4.79 Å². The van der Waals surface area contributed by atoms with Gasteiger partial charge in [-0.1, -0.05) is 43.3 Å². The van der Waals surface area contributed by atoms with E-state index in [4.69, 9.17) is 4.74 Å². The third kappa shape index (κ3) is 4.03. The van der Waals surface area contributed by atoms with Gasteiger partial charge in [0.25, 0.3) is 5.91 Å². The Kier molecular flexibility index (Phi) is 5.85. The van der Waals surface area contributed by atoms with Gasteiger partial charge in [-0.05, 0) is 30.0 Å². The van der Waals surface area contributed by atoms with E-state index in [0.717, 1.165) is 10.4 Å². The monoisotopic (exact) mass is 385 g/mol. The molecule has 0 saturated heterocycles. The van der Waals surface area contributed by atoms with Crippen LogP contribution in [0.15, 0.2) is 53.9 Å². The number of esters is 1. The van der Waals surface area contributed by atoms with Crippen molar-refractivity contribution >= 4 is 39.6 Å². The zero-order valence-corrected chi connectivity index (χ0v) is 16.2. The van der Waals surface area contributed by atoms with Gasteiger partial charge >= 0.3 is 5.97 Å². The molecule has 0 aliphatic heterocycles. The zero-order valence-electron chi connectivity index (χ0n) is 14.5. The van der Waals surface area contributed by atoms with Gasteiger partial charge in [0.05, 0.1) is 17.0 Å². The normalized spacial score (nSPS) is 11.8. The summed E-state index contributed by atoms with van der Waals surface area (Å²) in [5.74, 6) is -0.523. The molecule has 0 aliphatic carbocycles. The number of benzene rings is 1. The molecule has 0 saturated carbocycles. The van der Waals surface area contributed by atoms with Crippen molar-refractivity contribution in [1.82, 2.24) is 0 Å². The summed E-state index contributed by atoms with van der Waals surface area (Å²) >= 11 is 2.78. The molecule has 3 aromatic rings. The molecular weight excluding hydrogens is 366 g/mol. The molecule has 2 heterocycles. The maximum absolute atomic E-state index is 12.4. The summed E-state index contributed by atoms with van der Waals surface area (Å²) in [6, 6.07) is 15.5. The number of anilines is 1. The maximum Gasteiger partial charge on any atom is 0.341 e. The number of hydrogen-bond donors (Lipinski definition) is 1. The van der Waals surface area contributed by atoms with E-state index in [1.807, 2.05) is 35.7 Å². The SMILES string of the molecule is CCOC(=O)c1cc([C@@H](C)c2ccccc2)sc1NC(=O)c1cccs1. The first kappa shape index (κ1) is 18.4. The average molecular weight is 386 g/mol. The van der Waals surface area contributed by atoms with Crippen LogP contribution in [0.25, 0.3) is 0 Å². The molecule has 0 aliphatic rings. The summed E-state index contributed by atoms with van der Waals surface area (Å²) in [7, 11) is 0. The van der Waals surface area contributed by atoms with Crippen LogP contribution < -0.4 is 5.32 Å². The Labute approximate surface area is 160 Å². The van der Waals surface area contributed by atoms with Gasteiger partial charge < -0.3 is 10.1 Å². The Morgan fingerprint density at radius 2 is 1.92 bits per heavy atom. The molecule has 1 amide bonds. The summed E-state index contributed by atoms with van der Waals surface area (Å²) < 4.78 is 5.16. The fraction of sp³-hybridized carbons (Fsp3) is 0.200.